The van der Waals surface area contributed by atoms with Crippen LogP contribution in [0.2, 0.25) is 0 Å². The lowest BCUT2D eigenvalue weighted by molar-refractivity contribution is -0.136. The number of amides is 3. The SMILES string of the molecule is CCCC(C(N)=O)C(CC(C)C)C(=O)NC1C(=O)N(CCC2CCCCC2)c2ccccc2-c2ccccc21. The lowest BCUT2D eigenvalue weighted by Crippen LogP contribution is -2.47. The molecule has 2 aromatic carbocycles. The Bertz CT molecular complexity index is 1150. The summed E-state index contributed by atoms with van der Waals surface area (Å²) < 4.78 is 0. The summed E-state index contributed by atoms with van der Waals surface area (Å²) >= 11 is 0. The molecule has 6 heteroatoms. The van der Waals surface area contributed by atoms with Gasteiger partial charge in [0.15, 0.2) is 0 Å². The van der Waals surface area contributed by atoms with E-state index in [1.54, 1.807) is 0 Å². The number of nitrogens with one attached hydrogen (secondary N) is 1. The van der Waals surface area contributed by atoms with E-state index < -0.39 is 23.8 Å². The van der Waals surface area contributed by atoms with E-state index in [9.17, 15) is 14.4 Å². The van der Waals surface area contributed by atoms with Crippen molar-refractivity contribution < 1.29 is 14.4 Å². The van der Waals surface area contributed by atoms with E-state index in [1.165, 1.54) is 32.1 Å². The quantitative estimate of drug-likeness (QED) is 0.352. The molecule has 2 aromatic rings. The highest BCUT2D eigenvalue weighted by Gasteiger charge is 2.39. The number of carbonyl (C=O) groups is 3. The fraction of sp³-hybridized carbons (Fsp3) is 0.545. The highest BCUT2D eigenvalue weighted by Crippen LogP contribution is 2.41. The lowest BCUT2D eigenvalue weighted by atomic mass is 9.81. The Kier molecular flexibility index (Phi) is 9.82. The molecule has 0 bridgehead atoms. The van der Waals surface area contributed by atoms with E-state index in [0.29, 0.717) is 25.3 Å². The minimum absolute atomic E-state index is 0.119. The monoisotopic (exact) mass is 531 g/mol. The summed E-state index contributed by atoms with van der Waals surface area (Å²) in [7, 11) is 0. The molecule has 0 radical (unpaired) electrons. The second-order valence-corrected chi connectivity index (χ2v) is 11.9. The number of benzene rings is 2. The first-order valence-corrected chi connectivity index (χ1v) is 14.9. The average Bonchev–Trinajstić information content (AvgIpc) is 3.03. The van der Waals surface area contributed by atoms with E-state index in [-0.39, 0.29) is 17.7 Å². The molecule has 0 saturated heterocycles. The molecule has 6 nitrogen and oxygen atoms in total. The zero-order valence-corrected chi connectivity index (χ0v) is 23.8. The van der Waals surface area contributed by atoms with Gasteiger partial charge in [0.1, 0.15) is 6.04 Å². The molecule has 39 heavy (non-hydrogen) atoms. The predicted octanol–water partition coefficient (Wildman–Crippen LogP) is 6.39. The smallest absolute Gasteiger partial charge is 0.254 e. The topological polar surface area (TPSA) is 92.5 Å². The maximum Gasteiger partial charge on any atom is 0.254 e. The standard InChI is InChI=1S/C33H45N3O3/c1-4-12-27(31(34)37)28(21-22(2)3)32(38)35-30-26-17-9-8-15-24(26)25-16-10-11-18-29(25)36(33(30)39)20-19-23-13-6-5-7-14-23/h8-11,15-18,22-23,27-28,30H,4-7,12-14,19-21H2,1-3H3,(H2,34,37)(H,35,38). The van der Waals surface area contributed by atoms with Crippen LogP contribution >= 0.6 is 0 Å². The minimum atomic E-state index is -0.836. The maximum atomic E-state index is 14.4. The van der Waals surface area contributed by atoms with Crippen LogP contribution in [0.25, 0.3) is 11.1 Å². The van der Waals surface area contributed by atoms with E-state index in [1.807, 2.05) is 68.1 Å². The van der Waals surface area contributed by atoms with Crippen molar-refractivity contribution >= 4 is 23.4 Å². The minimum Gasteiger partial charge on any atom is -0.369 e. The molecule has 3 atom stereocenters. The molecule has 0 spiro atoms. The number of nitrogens with zero attached hydrogens (tertiary/aromatic N) is 1. The highest BCUT2D eigenvalue weighted by molar-refractivity contribution is 6.06. The van der Waals surface area contributed by atoms with Crippen LogP contribution in [0.5, 0.6) is 0 Å². The summed E-state index contributed by atoms with van der Waals surface area (Å²) in [5, 5.41) is 3.13. The molecule has 1 heterocycles. The normalized spacial score (nSPS) is 19.1. The van der Waals surface area contributed by atoms with Gasteiger partial charge in [0.2, 0.25) is 11.8 Å². The molecule has 3 amide bonds. The zero-order chi connectivity index (χ0) is 27.9. The molecule has 4 rings (SSSR count). The first-order chi connectivity index (χ1) is 18.8. The van der Waals surface area contributed by atoms with Crippen LogP contribution in [0, 0.1) is 23.7 Å². The Morgan fingerprint density at radius 2 is 1.64 bits per heavy atom. The number of hydrogen-bond acceptors (Lipinski definition) is 3. The van der Waals surface area contributed by atoms with E-state index in [0.717, 1.165) is 35.2 Å². The van der Waals surface area contributed by atoms with Crippen LogP contribution < -0.4 is 16.0 Å². The first kappa shape index (κ1) is 28.8. The van der Waals surface area contributed by atoms with Crippen molar-refractivity contribution in [2.45, 2.75) is 84.6 Å². The lowest BCUT2D eigenvalue weighted by Gasteiger charge is -2.31. The molecular formula is C33H45N3O3. The third-order valence-electron chi connectivity index (χ3n) is 8.56. The van der Waals surface area contributed by atoms with Gasteiger partial charge >= 0.3 is 0 Å². The largest absolute Gasteiger partial charge is 0.369 e. The Morgan fingerprint density at radius 1 is 0.974 bits per heavy atom. The van der Waals surface area contributed by atoms with Crippen molar-refractivity contribution in [2.24, 2.45) is 29.4 Å². The van der Waals surface area contributed by atoms with Gasteiger partial charge in [0.25, 0.3) is 5.91 Å². The van der Waals surface area contributed by atoms with Crippen LogP contribution in [0.4, 0.5) is 5.69 Å². The molecule has 0 aromatic heterocycles. The zero-order valence-electron chi connectivity index (χ0n) is 23.8. The fourth-order valence-electron chi connectivity index (χ4n) is 6.56. The van der Waals surface area contributed by atoms with Gasteiger partial charge in [-0.15, -0.1) is 0 Å². The second kappa shape index (κ2) is 13.3. The van der Waals surface area contributed by atoms with Gasteiger partial charge in [0.05, 0.1) is 5.69 Å². The molecule has 1 aliphatic carbocycles. The number of hydrogen-bond donors (Lipinski definition) is 2. The van der Waals surface area contributed by atoms with Gasteiger partial charge < -0.3 is 16.0 Å². The summed E-state index contributed by atoms with van der Waals surface area (Å²) in [6.45, 7) is 6.70. The summed E-state index contributed by atoms with van der Waals surface area (Å²) in [5.74, 6) is -1.16. The summed E-state index contributed by atoms with van der Waals surface area (Å²) in [5.41, 5.74) is 9.43. The fourth-order valence-corrected chi connectivity index (χ4v) is 6.56. The van der Waals surface area contributed by atoms with E-state index >= 15 is 0 Å². The Balaban J connectivity index is 1.70. The van der Waals surface area contributed by atoms with Crippen LogP contribution in [0.3, 0.4) is 0 Å². The highest BCUT2D eigenvalue weighted by atomic mass is 16.2. The molecule has 1 fully saturated rings. The molecule has 1 saturated carbocycles. The number of anilines is 1. The predicted molar refractivity (Wildman–Crippen MR) is 157 cm³/mol. The number of carbonyl (C=O) groups excluding carboxylic acids is 3. The number of rotatable bonds is 11. The van der Waals surface area contributed by atoms with Crippen molar-refractivity contribution in [3.05, 3.63) is 54.1 Å². The molecule has 3 N–H and O–H groups in total. The van der Waals surface area contributed by atoms with Crippen molar-refractivity contribution in [2.75, 3.05) is 11.4 Å². The molecular weight excluding hydrogens is 486 g/mol. The van der Waals surface area contributed by atoms with Crippen molar-refractivity contribution in [1.82, 2.24) is 5.32 Å². The second-order valence-electron chi connectivity index (χ2n) is 11.9. The molecule has 210 valence electrons. The Labute approximate surface area is 233 Å². The van der Waals surface area contributed by atoms with E-state index in [2.05, 4.69) is 11.4 Å². The van der Waals surface area contributed by atoms with E-state index in [4.69, 9.17) is 5.73 Å². The number of nitrogens with two attached hydrogens (primary N) is 1. The van der Waals surface area contributed by atoms with Gasteiger partial charge in [-0.25, -0.2) is 0 Å². The third-order valence-corrected chi connectivity index (χ3v) is 8.56. The van der Waals surface area contributed by atoms with Gasteiger partial charge in [-0.3, -0.25) is 14.4 Å². The first-order valence-electron chi connectivity index (χ1n) is 14.9. The van der Waals surface area contributed by atoms with Crippen molar-refractivity contribution in [3.63, 3.8) is 0 Å². The van der Waals surface area contributed by atoms with Crippen molar-refractivity contribution in [3.8, 4) is 11.1 Å². The molecule has 1 aliphatic heterocycles. The summed E-state index contributed by atoms with van der Waals surface area (Å²) in [6, 6.07) is 15.1. The van der Waals surface area contributed by atoms with Crippen LogP contribution in [-0.4, -0.2) is 24.3 Å². The average molecular weight is 532 g/mol. The van der Waals surface area contributed by atoms with Gasteiger partial charge in [-0.05, 0) is 48.3 Å². The Hall–Kier alpha value is -3.15. The van der Waals surface area contributed by atoms with Crippen LogP contribution in [-0.2, 0) is 14.4 Å². The molecule has 2 aliphatic rings. The third kappa shape index (κ3) is 6.71. The summed E-state index contributed by atoms with van der Waals surface area (Å²) in [6.07, 6.45) is 9.04. The van der Waals surface area contributed by atoms with Crippen LogP contribution in [0.15, 0.2) is 48.5 Å². The van der Waals surface area contributed by atoms with Gasteiger partial charge in [-0.2, -0.15) is 0 Å². The number of primary amides is 1. The van der Waals surface area contributed by atoms with Gasteiger partial charge in [0, 0.05) is 23.9 Å². The summed E-state index contributed by atoms with van der Waals surface area (Å²) in [4.78, 5) is 42.6. The van der Waals surface area contributed by atoms with Gasteiger partial charge in [-0.1, -0.05) is 102 Å². The van der Waals surface area contributed by atoms with Crippen molar-refractivity contribution in [1.29, 1.82) is 0 Å². The van der Waals surface area contributed by atoms with Crippen LogP contribution in [0.1, 0.15) is 90.2 Å². The number of para-hydroxylation sites is 1. The number of fused-ring (bicyclic) bond motifs is 3. The maximum absolute atomic E-state index is 14.4. The molecule has 3 unspecified atom stereocenters. The Morgan fingerprint density at radius 3 is 2.31 bits per heavy atom.